The SMILES string of the molecule is N#Cc1cc(/C=C/C(c2cccc(Cl)c2)C(F)(F)F)ccc1-n1cncn1. The quantitative estimate of drug-likeness (QED) is 0.621. The lowest BCUT2D eigenvalue weighted by Gasteiger charge is -2.17. The summed E-state index contributed by atoms with van der Waals surface area (Å²) in [6, 6.07) is 12.4. The number of benzene rings is 2. The highest BCUT2D eigenvalue weighted by atomic mass is 35.5. The van der Waals surface area contributed by atoms with Crippen molar-refractivity contribution in [2.24, 2.45) is 0 Å². The van der Waals surface area contributed by atoms with E-state index in [4.69, 9.17) is 11.6 Å². The van der Waals surface area contributed by atoms with Crippen molar-refractivity contribution in [2.75, 3.05) is 0 Å². The van der Waals surface area contributed by atoms with Gasteiger partial charge in [0.05, 0.1) is 17.2 Å². The molecule has 0 N–H and O–H groups in total. The number of halogens is 4. The zero-order valence-electron chi connectivity index (χ0n) is 13.7. The maximum absolute atomic E-state index is 13.5. The fraction of sp³-hybridized carbons (Fsp3) is 0.105. The van der Waals surface area contributed by atoms with Crippen LogP contribution >= 0.6 is 11.6 Å². The standard InChI is InChI=1S/C19H12ClF3N4/c20-16-3-1-2-14(9-16)17(19(21,22)23)6-4-13-5-7-18(15(8-13)10-24)27-12-25-11-26-27/h1-9,11-12,17H/b6-4+. The fourth-order valence-electron chi connectivity index (χ4n) is 2.60. The molecule has 0 aliphatic heterocycles. The first kappa shape index (κ1) is 18.7. The Morgan fingerprint density at radius 2 is 2.00 bits per heavy atom. The van der Waals surface area contributed by atoms with Gasteiger partial charge in [-0.05, 0) is 35.4 Å². The van der Waals surface area contributed by atoms with Gasteiger partial charge in [-0.25, -0.2) is 9.67 Å². The van der Waals surface area contributed by atoms with Gasteiger partial charge in [0, 0.05) is 5.02 Å². The molecule has 3 aromatic rings. The Hall–Kier alpha value is -3.11. The van der Waals surface area contributed by atoms with Gasteiger partial charge in [0.2, 0.25) is 0 Å². The van der Waals surface area contributed by atoms with Crippen LogP contribution in [-0.4, -0.2) is 20.9 Å². The molecular weight excluding hydrogens is 377 g/mol. The van der Waals surface area contributed by atoms with E-state index in [9.17, 15) is 18.4 Å². The third-order valence-electron chi connectivity index (χ3n) is 3.85. The van der Waals surface area contributed by atoms with Crippen molar-refractivity contribution in [2.45, 2.75) is 12.1 Å². The number of rotatable bonds is 4. The number of allylic oxidation sites excluding steroid dienone is 1. The van der Waals surface area contributed by atoms with Crippen LogP contribution in [0.4, 0.5) is 13.2 Å². The Kier molecular flexibility index (Phi) is 5.28. The Bertz CT molecular complexity index is 1000. The highest BCUT2D eigenvalue weighted by Crippen LogP contribution is 2.37. The molecule has 27 heavy (non-hydrogen) atoms. The predicted molar refractivity (Wildman–Crippen MR) is 95.4 cm³/mol. The second kappa shape index (κ2) is 7.64. The van der Waals surface area contributed by atoms with Crippen LogP contribution < -0.4 is 0 Å². The lowest BCUT2D eigenvalue weighted by atomic mass is 9.97. The summed E-state index contributed by atoms with van der Waals surface area (Å²) >= 11 is 5.82. The number of alkyl halides is 3. The first-order chi connectivity index (χ1) is 12.9. The van der Waals surface area contributed by atoms with Crippen LogP contribution in [0.1, 0.15) is 22.6 Å². The summed E-state index contributed by atoms with van der Waals surface area (Å²) in [5.41, 5.74) is 1.28. The van der Waals surface area contributed by atoms with E-state index in [0.717, 1.165) is 6.08 Å². The van der Waals surface area contributed by atoms with E-state index in [1.165, 1.54) is 53.7 Å². The number of hydrogen-bond donors (Lipinski definition) is 0. The Labute approximate surface area is 158 Å². The van der Waals surface area contributed by atoms with E-state index in [1.807, 2.05) is 6.07 Å². The molecule has 1 heterocycles. The molecule has 0 amide bonds. The van der Waals surface area contributed by atoms with Crippen LogP contribution in [0.5, 0.6) is 0 Å². The van der Waals surface area contributed by atoms with Crippen LogP contribution in [-0.2, 0) is 0 Å². The van der Waals surface area contributed by atoms with Gasteiger partial charge in [-0.3, -0.25) is 0 Å². The fourth-order valence-corrected chi connectivity index (χ4v) is 2.79. The molecule has 2 aromatic carbocycles. The molecule has 0 spiro atoms. The molecule has 8 heteroatoms. The van der Waals surface area contributed by atoms with Gasteiger partial charge in [0.1, 0.15) is 18.7 Å². The van der Waals surface area contributed by atoms with Crippen molar-refractivity contribution in [3.05, 3.63) is 82.9 Å². The van der Waals surface area contributed by atoms with E-state index in [-0.39, 0.29) is 16.1 Å². The zero-order valence-corrected chi connectivity index (χ0v) is 14.5. The lowest BCUT2D eigenvalue weighted by Crippen LogP contribution is -2.18. The van der Waals surface area contributed by atoms with Gasteiger partial charge in [0.15, 0.2) is 0 Å². The molecule has 0 fully saturated rings. The Morgan fingerprint density at radius 1 is 1.19 bits per heavy atom. The average molecular weight is 389 g/mol. The van der Waals surface area contributed by atoms with Crippen LogP contribution in [0.3, 0.4) is 0 Å². The van der Waals surface area contributed by atoms with Gasteiger partial charge in [-0.15, -0.1) is 0 Å². The van der Waals surface area contributed by atoms with E-state index in [1.54, 1.807) is 12.1 Å². The molecule has 1 unspecified atom stereocenters. The first-order valence-electron chi connectivity index (χ1n) is 7.78. The summed E-state index contributed by atoms with van der Waals surface area (Å²) in [4.78, 5) is 3.82. The van der Waals surface area contributed by atoms with Crippen molar-refractivity contribution < 1.29 is 13.2 Å². The van der Waals surface area contributed by atoms with Gasteiger partial charge >= 0.3 is 6.18 Å². The van der Waals surface area contributed by atoms with Crippen molar-refractivity contribution in [3.63, 3.8) is 0 Å². The minimum Gasteiger partial charge on any atom is -0.223 e. The molecule has 0 bridgehead atoms. The highest BCUT2D eigenvalue weighted by Gasteiger charge is 2.38. The van der Waals surface area contributed by atoms with Gasteiger partial charge in [-0.2, -0.15) is 23.5 Å². The summed E-state index contributed by atoms with van der Waals surface area (Å²) < 4.78 is 41.8. The predicted octanol–water partition coefficient (Wildman–Crippen LogP) is 5.15. The number of nitrogens with zero attached hydrogens (tertiary/aromatic N) is 4. The van der Waals surface area contributed by atoms with E-state index in [2.05, 4.69) is 10.1 Å². The van der Waals surface area contributed by atoms with Gasteiger partial charge in [-0.1, -0.05) is 42.0 Å². The normalized spacial score (nSPS) is 12.9. The van der Waals surface area contributed by atoms with Gasteiger partial charge in [0.25, 0.3) is 0 Å². The number of hydrogen-bond acceptors (Lipinski definition) is 3. The third kappa shape index (κ3) is 4.36. The molecule has 0 aliphatic carbocycles. The number of aromatic nitrogens is 3. The molecule has 0 saturated heterocycles. The largest absolute Gasteiger partial charge is 0.399 e. The molecular formula is C19H12ClF3N4. The zero-order chi connectivity index (χ0) is 19.4. The van der Waals surface area contributed by atoms with E-state index in [0.29, 0.717) is 11.3 Å². The third-order valence-corrected chi connectivity index (χ3v) is 4.08. The monoisotopic (exact) mass is 388 g/mol. The average Bonchev–Trinajstić information content (AvgIpc) is 3.15. The first-order valence-corrected chi connectivity index (χ1v) is 8.16. The molecule has 1 aromatic heterocycles. The van der Waals surface area contributed by atoms with Crippen molar-refractivity contribution in [3.8, 4) is 11.8 Å². The smallest absolute Gasteiger partial charge is 0.223 e. The maximum atomic E-state index is 13.5. The minimum absolute atomic E-state index is 0.0472. The second-order valence-corrected chi connectivity index (χ2v) is 6.10. The number of nitriles is 1. The van der Waals surface area contributed by atoms with Crippen molar-refractivity contribution in [1.29, 1.82) is 5.26 Å². The topological polar surface area (TPSA) is 54.5 Å². The summed E-state index contributed by atoms with van der Waals surface area (Å²) in [7, 11) is 0. The van der Waals surface area contributed by atoms with Crippen LogP contribution in [0, 0.1) is 11.3 Å². The van der Waals surface area contributed by atoms with E-state index < -0.39 is 12.1 Å². The van der Waals surface area contributed by atoms with Crippen LogP contribution in [0.15, 0.2) is 61.2 Å². The van der Waals surface area contributed by atoms with Crippen LogP contribution in [0.2, 0.25) is 5.02 Å². The lowest BCUT2D eigenvalue weighted by molar-refractivity contribution is -0.139. The van der Waals surface area contributed by atoms with E-state index >= 15 is 0 Å². The molecule has 136 valence electrons. The summed E-state index contributed by atoms with van der Waals surface area (Å²) in [6.07, 6.45) is 0.681. The molecule has 0 aliphatic rings. The maximum Gasteiger partial charge on any atom is 0.399 e. The second-order valence-electron chi connectivity index (χ2n) is 5.66. The molecule has 0 saturated carbocycles. The van der Waals surface area contributed by atoms with Crippen LogP contribution in [0.25, 0.3) is 11.8 Å². The highest BCUT2D eigenvalue weighted by molar-refractivity contribution is 6.30. The summed E-state index contributed by atoms with van der Waals surface area (Å²) in [5.74, 6) is -1.81. The van der Waals surface area contributed by atoms with Gasteiger partial charge < -0.3 is 0 Å². The Morgan fingerprint density at radius 3 is 2.63 bits per heavy atom. The molecule has 1 atom stereocenters. The van der Waals surface area contributed by atoms with Crippen molar-refractivity contribution in [1.82, 2.24) is 14.8 Å². The molecule has 3 rings (SSSR count). The minimum atomic E-state index is -4.47. The molecule has 0 radical (unpaired) electrons. The Balaban J connectivity index is 1.94. The summed E-state index contributed by atoms with van der Waals surface area (Å²) in [6.45, 7) is 0. The summed E-state index contributed by atoms with van der Waals surface area (Å²) in [5, 5.41) is 13.5. The molecule has 4 nitrogen and oxygen atoms in total. The van der Waals surface area contributed by atoms with Crippen molar-refractivity contribution >= 4 is 17.7 Å².